The van der Waals surface area contributed by atoms with E-state index < -0.39 is 5.82 Å². The predicted molar refractivity (Wildman–Crippen MR) is 120 cm³/mol. The van der Waals surface area contributed by atoms with E-state index in [1.54, 1.807) is 6.07 Å². The van der Waals surface area contributed by atoms with E-state index in [-0.39, 0.29) is 29.0 Å². The molecule has 0 unspecified atom stereocenters. The van der Waals surface area contributed by atoms with E-state index in [9.17, 15) is 14.0 Å². The average Bonchev–Trinajstić information content (AvgIpc) is 3.20. The highest BCUT2D eigenvalue weighted by atomic mass is 19.1. The minimum absolute atomic E-state index is 0.208. The maximum absolute atomic E-state index is 14.3. The number of fused-ring (bicyclic) bond motifs is 1. The molecule has 0 N–H and O–H groups in total. The summed E-state index contributed by atoms with van der Waals surface area (Å²) in [5, 5.41) is 5.00. The van der Waals surface area contributed by atoms with Gasteiger partial charge in [0.1, 0.15) is 6.33 Å². The Bertz CT molecular complexity index is 1400. The van der Waals surface area contributed by atoms with Crippen LogP contribution in [0.4, 0.5) is 4.39 Å². The number of nitrogens with zero attached hydrogens (tertiary/aromatic N) is 4. The van der Waals surface area contributed by atoms with Crippen LogP contribution in [0.3, 0.4) is 0 Å². The molecule has 2 aromatic carbocycles. The van der Waals surface area contributed by atoms with Gasteiger partial charge in [-0.3, -0.25) is 4.79 Å². The lowest BCUT2D eigenvalue weighted by Gasteiger charge is -2.16. The van der Waals surface area contributed by atoms with E-state index in [1.807, 2.05) is 35.2 Å². The number of hydrogen-bond donors (Lipinski definition) is 0. The molecule has 1 saturated carbocycles. The number of likely N-dealkylation sites (tertiary alicyclic amines) is 1. The third kappa shape index (κ3) is 3.65. The van der Waals surface area contributed by atoms with Crippen LogP contribution in [0.2, 0.25) is 0 Å². The van der Waals surface area contributed by atoms with Gasteiger partial charge in [0.15, 0.2) is 11.4 Å². The molecular weight excluding hydrogens is 423 g/mol. The zero-order chi connectivity index (χ0) is 22.5. The second-order valence-electron chi connectivity index (χ2n) is 9.02. The molecule has 0 bridgehead atoms. The molecule has 2 fully saturated rings. The van der Waals surface area contributed by atoms with Crippen LogP contribution in [0.25, 0.3) is 27.8 Å². The Morgan fingerprint density at radius 2 is 1.91 bits per heavy atom. The Hall–Kier alpha value is -3.68. The molecule has 168 valence electrons. The van der Waals surface area contributed by atoms with Gasteiger partial charge in [0.2, 0.25) is 5.91 Å². The topological polar surface area (TPSA) is 73.3 Å². The molecule has 0 radical (unpaired) electrons. The van der Waals surface area contributed by atoms with Crippen LogP contribution in [0.5, 0.6) is 0 Å². The van der Waals surface area contributed by atoms with Crippen LogP contribution in [-0.4, -0.2) is 38.2 Å². The minimum Gasteiger partial charge on any atom is -0.461 e. The molecular formula is C25H23FN4O3. The van der Waals surface area contributed by atoms with Crippen LogP contribution in [0.15, 0.2) is 64.3 Å². The van der Waals surface area contributed by atoms with E-state index in [4.69, 9.17) is 4.42 Å². The highest BCUT2D eigenvalue weighted by Crippen LogP contribution is 2.33. The number of rotatable bonds is 5. The number of carbonyl (C=O) groups is 1. The van der Waals surface area contributed by atoms with Gasteiger partial charge in [-0.15, -0.1) is 0 Å². The molecule has 7 nitrogen and oxygen atoms in total. The van der Waals surface area contributed by atoms with E-state index in [0.717, 1.165) is 36.9 Å². The van der Waals surface area contributed by atoms with Gasteiger partial charge in [-0.1, -0.05) is 12.1 Å². The summed E-state index contributed by atoms with van der Waals surface area (Å²) in [6.07, 6.45) is 5.91. The van der Waals surface area contributed by atoms with Crippen LogP contribution < -0.4 is 5.69 Å². The van der Waals surface area contributed by atoms with Crippen molar-refractivity contribution in [1.82, 2.24) is 19.2 Å². The maximum atomic E-state index is 14.3. The van der Waals surface area contributed by atoms with Gasteiger partial charge in [0, 0.05) is 24.4 Å². The average molecular weight is 446 g/mol. The van der Waals surface area contributed by atoms with Gasteiger partial charge in [-0.25, -0.2) is 18.4 Å². The van der Waals surface area contributed by atoms with E-state index in [0.29, 0.717) is 24.2 Å². The predicted octanol–water partition coefficient (Wildman–Crippen LogP) is 3.84. The Morgan fingerprint density at radius 1 is 1.09 bits per heavy atom. The Balaban J connectivity index is 1.18. The molecule has 2 aromatic heterocycles. The fraction of sp³-hybridized carbons (Fsp3) is 0.320. The summed E-state index contributed by atoms with van der Waals surface area (Å²) in [4.78, 5) is 27.1. The SMILES string of the molecule is O=C(C1CC1)N1CC[C@H](Cn2ncn(-c3ccc(-c4cc(F)c5occc5c4)cc3)c2=O)C1. The van der Waals surface area contributed by atoms with Crippen molar-refractivity contribution in [1.29, 1.82) is 0 Å². The molecule has 1 saturated heterocycles. The van der Waals surface area contributed by atoms with E-state index >= 15 is 0 Å². The Labute approximate surface area is 189 Å². The summed E-state index contributed by atoms with van der Waals surface area (Å²) in [6.45, 7) is 1.96. The van der Waals surface area contributed by atoms with Crippen molar-refractivity contribution in [2.75, 3.05) is 13.1 Å². The lowest BCUT2D eigenvalue weighted by atomic mass is 10.0. The van der Waals surface area contributed by atoms with Crippen molar-refractivity contribution in [3.8, 4) is 16.8 Å². The van der Waals surface area contributed by atoms with Crippen molar-refractivity contribution in [2.24, 2.45) is 11.8 Å². The first kappa shape index (κ1) is 20.0. The molecule has 1 aliphatic carbocycles. The van der Waals surface area contributed by atoms with Crippen LogP contribution in [0.1, 0.15) is 19.3 Å². The quantitative estimate of drug-likeness (QED) is 0.467. The summed E-state index contributed by atoms with van der Waals surface area (Å²) in [5.41, 5.74) is 2.31. The fourth-order valence-electron chi connectivity index (χ4n) is 4.67. The Kier molecular flexibility index (Phi) is 4.67. The van der Waals surface area contributed by atoms with E-state index in [1.165, 1.54) is 27.9 Å². The first-order valence-corrected chi connectivity index (χ1v) is 11.3. The van der Waals surface area contributed by atoms with E-state index in [2.05, 4.69) is 5.10 Å². The standard InChI is InChI=1S/C25H23FN4O3/c26-22-12-20(11-19-8-10-33-23(19)22)17-3-5-21(6-4-17)29-15-27-30(25(29)32)14-16-7-9-28(13-16)24(31)18-1-2-18/h3-6,8,10-12,15-16,18H,1-2,7,9,13-14H2/t16-/m0/s1. The fourth-order valence-corrected chi connectivity index (χ4v) is 4.67. The zero-order valence-corrected chi connectivity index (χ0v) is 18.0. The number of furan rings is 1. The third-order valence-electron chi connectivity index (χ3n) is 6.67. The first-order valence-electron chi connectivity index (χ1n) is 11.3. The number of aromatic nitrogens is 3. The molecule has 1 amide bonds. The number of amides is 1. The molecule has 3 heterocycles. The smallest absolute Gasteiger partial charge is 0.350 e. The molecule has 0 spiro atoms. The molecule has 4 aromatic rings. The summed E-state index contributed by atoms with van der Waals surface area (Å²) < 4.78 is 22.4. The van der Waals surface area contributed by atoms with Crippen LogP contribution >= 0.6 is 0 Å². The van der Waals surface area contributed by atoms with Crippen LogP contribution in [0, 0.1) is 17.7 Å². The highest BCUT2D eigenvalue weighted by molar-refractivity contribution is 5.84. The molecule has 6 rings (SSSR count). The molecule has 8 heteroatoms. The summed E-state index contributed by atoms with van der Waals surface area (Å²) >= 11 is 0. The van der Waals surface area contributed by atoms with Gasteiger partial charge >= 0.3 is 5.69 Å². The lowest BCUT2D eigenvalue weighted by Crippen LogP contribution is -2.32. The third-order valence-corrected chi connectivity index (χ3v) is 6.67. The number of carbonyl (C=O) groups excluding carboxylic acids is 1. The van der Waals surface area contributed by atoms with Crippen molar-refractivity contribution >= 4 is 16.9 Å². The maximum Gasteiger partial charge on any atom is 0.350 e. The van der Waals surface area contributed by atoms with Gasteiger partial charge in [-0.2, -0.15) is 5.10 Å². The lowest BCUT2D eigenvalue weighted by molar-refractivity contribution is -0.131. The molecule has 2 aliphatic rings. The molecule has 1 atom stereocenters. The minimum atomic E-state index is -0.404. The highest BCUT2D eigenvalue weighted by Gasteiger charge is 2.36. The molecule has 33 heavy (non-hydrogen) atoms. The number of halogens is 1. The monoisotopic (exact) mass is 446 g/mol. The number of benzene rings is 2. The van der Waals surface area contributed by atoms with Gasteiger partial charge < -0.3 is 9.32 Å². The largest absolute Gasteiger partial charge is 0.461 e. The van der Waals surface area contributed by atoms with Crippen molar-refractivity contribution < 1.29 is 13.6 Å². The summed E-state index contributed by atoms with van der Waals surface area (Å²) in [6, 6.07) is 12.4. The zero-order valence-electron chi connectivity index (χ0n) is 18.0. The summed E-state index contributed by atoms with van der Waals surface area (Å²) in [7, 11) is 0. The van der Waals surface area contributed by atoms with Gasteiger partial charge in [-0.05, 0) is 66.6 Å². The van der Waals surface area contributed by atoms with Crippen LogP contribution in [-0.2, 0) is 11.3 Å². The van der Waals surface area contributed by atoms with Crippen molar-refractivity contribution in [3.05, 3.63) is 71.4 Å². The number of hydrogen-bond acceptors (Lipinski definition) is 4. The second-order valence-corrected chi connectivity index (χ2v) is 9.02. The normalized spacial score (nSPS) is 18.3. The van der Waals surface area contributed by atoms with Gasteiger partial charge in [0.05, 0.1) is 18.5 Å². The first-order chi connectivity index (χ1) is 16.1. The van der Waals surface area contributed by atoms with Crippen molar-refractivity contribution in [3.63, 3.8) is 0 Å². The summed E-state index contributed by atoms with van der Waals surface area (Å²) in [5.74, 6) is 0.330. The van der Waals surface area contributed by atoms with Gasteiger partial charge in [0.25, 0.3) is 0 Å². The van der Waals surface area contributed by atoms with Crippen molar-refractivity contribution in [2.45, 2.75) is 25.8 Å². The Morgan fingerprint density at radius 3 is 2.70 bits per heavy atom. The molecule has 1 aliphatic heterocycles. The second kappa shape index (κ2) is 7.72.